The molecule has 2 heterocycles. The molecule has 0 aliphatic carbocycles. The molecule has 1 aromatic heterocycles. The van der Waals surface area contributed by atoms with Crippen LogP contribution in [0.3, 0.4) is 0 Å². The third kappa shape index (κ3) is 4.16. The molecule has 112 valence electrons. The molecule has 5 nitrogen and oxygen atoms in total. The molecule has 2 rings (SSSR count). The van der Waals surface area contributed by atoms with Crippen LogP contribution < -0.4 is 10.2 Å². The third-order valence-electron chi connectivity index (χ3n) is 3.84. The van der Waals surface area contributed by atoms with E-state index in [0.29, 0.717) is 6.04 Å². The number of nitrogens with zero attached hydrogens (tertiary/aromatic N) is 3. The summed E-state index contributed by atoms with van der Waals surface area (Å²) in [5.74, 6) is 1.09. The summed E-state index contributed by atoms with van der Waals surface area (Å²) in [7, 11) is 6.02. The van der Waals surface area contributed by atoms with Crippen molar-refractivity contribution in [3.8, 4) is 0 Å². The van der Waals surface area contributed by atoms with Gasteiger partial charge in [-0.2, -0.15) is 0 Å². The number of hydrogen-bond donors (Lipinski definition) is 1. The Morgan fingerprint density at radius 3 is 2.90 bits per heavy atom. The fraction of sp³-hybridized carbons (Fsp3) is 0.667. The van der Waals surface area contributed by atoms with Gasteiger partial charge < -0.3 is 19.9 Å². The van der Waals surface area contributed by atoms with E-state index in [1.165, 1.54) is 12.0 Å². The zero-order valence-electron chi connectivity index (χ0n) is 12.8. The van der Waals surface area contributed by atoms with Crippen LogP contribution >= 0.6 is 0 Å². The van der Waals surface area contributed by atoms with E-state index in [1.54, 1.807) is 7.11 Å². The van der Waals surface area contributed by atoms with Crippen molar-refractivity contribution >= 4 is 5.82 Å². The number of likely N-dealkylation sites (N-methyl/N-ethyl adjacent to an activating group) is 1. The number of ether oxygens (including phenoxy) is 1. The van der Waals surface area contributed by atoms with Crippen LogP contribution in [-0.4, -0.2) is 63.4 Å². The lowest BCUT2D eigenvalue weighted by Gasteiger charge is -2.21. The van der Waals surface area contributed by atoms with E-state index in [4.69, 9.17) is 4.74 Å². The predicted octanol–water partition coefficient (Wildman–Crippen LogP) is 0.958. The normalized spacial score (nSPS) is 19.0. The van der Waals surface area contributed by atoms with Crippen molar-refractivity contribution in [2.75, 3.05) is 52.3 Å². The first-order valence-electron chi connectivity index (χ1n) is 7.26. The fourth-order valence-corrected chi connectivity index (χ4v) is 2.49. The maximum atomic E-state index is 5.01. The number of methoxy groups -OCH3 is 1. The van der Waals surface area contributed by atoms with E-state index in [0.717, 1.165) is 38.6 Å². The topological polar surface area (TPSA) is 40.6 Å². The molecule has 0 radical (unpaired) electrons. The van der Waals surface area contributed by atoms with Crippen molar-refractivity contribution in [2.45, 2.75) is 19.0 Å². The standard InChI is InChI=1S/C15H26N4O/c1-18(2)14-6-8-19(12-14)15-5-4-13(11-17-15)10-16-7-9-20-3/h4-5,11,14,16H,6-10,12H2,1-3H3. The molecule has 1 N–H and O–H groups in total. The Bertz CT molecular complexity index is 393. The maximum Gasteiger partial charge on any atom is 0.128 e. The fourth-order valence-electron chi connectivity index (χ4n) is 2.49. The molecule has 1 fully saturated rings. The Hall–Kier alpha value is -1.17. The Morgan fingerprint density at radius 1 is 1.45 bits per heavy atom. The van der Waals surface area contributed by atoms with E-state index in [2.05, 4.69) is 46.3 Å². The molecule has 20 heavy (non-hydrogen) atoms. The molecule has 0 spiro atoms. The minimum atomic E-state index is 0.646. The van der Waals surface area contributed by atoms with Gasteiger partial charge in [0, 0.05) is 45.5 Å². The quantitative estimate of drug-likeness (QED) is 0.752. The Labute approximate surface area is 121 Å². The minimum Gasteiger partial charge on any atom is -0.383 e. The van der Waals surface area contributed by atoms with Crippen molar-refractivity contribution in [1.29, 1.82) is 0 Å². The third-order valence-corrected chi connectivity index (χ3v) is 3.84. The highest BCUT2D eigenvalue weighted by Crippen LogP contribution is 2.20. The Morgan fingerprint density at radius 2 is 2.30 bits per heavy atom. The van der Waals surface area contributed by atoms with E-state index < -0.39 is 0 Å². The second-order valence-electron chi connectivity index (χ2n) is 5.55. The van der Waals surface area contributed by atoms with Gasteiger partial charge in [-0.15, -0.1) is 0 Å². The first-order chi connectivity index (χ1) is 9.70. The van der Waals surface area contributed by atoms with Crippen molar-refractivity contribution in [3.05, 3.63) is 23.9 Å². The lowest BCUT2D eigenvalue weighted by Crippen LogP contribution is -2.31. The summed E-state index contributed by atoms with van der Waals surface area (Å²) in [6.45, 7) is 4.63. The van der Waals surface area contributed by atoms with Crippen molar-refractivity contribution in [1.82, 2.24) is 15.2 Å². The average molecular weight is 278 g/mol. The van der Waals surface area contributed by atoms with Crippen molar-refractivity contribution in [3.63, 3.8) is 0 Å². The molecule has 1 saturated heterocycles. The summed E-state index contributed by atoms with van der Waals surface area (Å²) in [6, 6.07) is 4.93. The van der Waals surface area contributed by atoms with E-state index in [1.807, 2.05) is 6.20 Å². The summed E-state index contributed by atoms with van der Waals surface area (Å²) in [4.78, 5) is 9.26. The molecule has 0 saturated carbocycles. The summed E-state index contributed by atoms with van der Waals surface area (Å²) >= 11 is 0. The molecule has 0 amide bonds. The molecule has 1 atom stereocenters. The lowest BCUT2D eigenvalue weighted by molar-refractivity contribution is 0.199. The van der Waals surface area contributed by atoms with Crippen LogP contribution in [0.15, 0.2) is 18.3 Å². The van der Waals surface area contributed by atoms with Crippen LogP contribution in [0.25, 0.3) is 0 Å². The van der Waals surface area contributed by atoms with Gasteiger partial charge in [-0.3, -0.25) is 0 Å². The molecule has 5 heteroatoms. The first-order valence-corrected chi connectivity index (χ1v) is 7.26. The Balaban J connectivity index is 1.82. The number of aromatic nitrogens is 1. The lowest BCUT2D eigenvalue weighted by atomic mass is 10.2. The molecule has 0 bridgehead atoms. The van der Waals surface area contributed by atoms with Crippen molar-refractivity contribution in [2.24, 2.45) is 0 Å². The number of rotatable bonds is 7. The zero-order valence-corrected chi connectivity index (χ0v) is 12.8. The van der Waals surface area contributed by atoms with Crippen LogP contribution in [0.1, 0.15) is 12.0 Å². The smallest absolute Gasteiger partial charge is 0.128 e. The van der Waals surface area contributed by atoms with E-state index in [9.17, 15) is 0 Å². The maximum absolute atomic E-state index is 5.01. The number of hydrogen-bond acceptors (Lipinski definition) is 5. The highest BCUT2D eigenvalue weighted by molar-refractivity contribution is 5.40. The van der Waals surface area contributed by atoms with Gasteiger partial charge in [-0.25, -0.2) is 4.98 Å². The summed E-state index contributed by atoms with van der Waals surface area (Å²) in [6.07, 6.45) is 3.19. The molecule has 1 aliphatic rings. The van der Waals surface area contributed by atoms with Gasteiger partial charge in [0.15, 0.2) is 0 Å². The minimum absolute atomic E-state index is 0.646. The molecule has 1 aliphatic heterocycles. The van der Waals surface area contributed by atoms with Gasteiger partial charge in [-0.1, -0.05) is 6.07 Å². The second-order valence-corrected chi connectivity index (χ2v) is 5.55. The Kier molecular flexibility index (Phi) is 5.76. The van der Waals surface area contributed by atoms with Gasteiger partial charge in [0.25, 0.3) is 0 Å². The predicted molar refractivity (Wildman–Crippen MR) is 82.1 cm³/mol. The van der Waals surface area contributed by atoms with E-state index in [-0.39, 0.29) is 0 Å². The highest BCUT2D eigenvalue weighted by Gasteiger charge is 2.24. The van der Waals surface area contributed by atoms with Crippen LogP contribution in [0.2, 0.25) is 0 Å². The van der Waals surface area contributed by atoms with Crippen LogP contribution in [0, 0.1) is 0 Å². The molecular weight excluding hydrogens is 252 g/mol. The molecular formula is C15H26N4O. The second kappa shape index (κ2) is 7.57. The molecule has 1 unspecified atom stereocenters. The number of anilines is 1. The average Bonchev–Trinajstić information content (AvgIpc) is 2.94. The van der Waals surface area contributed by atoms with Gasteiger partial charge >= 0.3 is 0 Å². The van der Waals surface area contributed by atoms with Gasteiger partial charge in [0.05, 0.1) is 6.61 Å². The summed E-state index contributed by atoms with van der Waals surface area (Å²) in [5.41, 5.74) is 1.22. The monoisotopic (exact) mass is 278 g/mol. The zero-order chi connectivity index (χ0) is 14.4. The summed E-state index contributed by atoms with van der Waals surface area (Å²) in [5, 5.41) is 3.33. The van der Waals surface area contributed by atoms with Crippen LogP contribution in [0.5, 0.6) is 0 Å². The summed E-state index contributed by atoms with van der Waals surface area (Å²) < 4.78 is 5.01. The number of nitrogens with one attached hydrogen (secondary N) is 1. The SMILES string of the molecule is COCCNCc1ccc(N2CCC(N(C)C)C2)nc1. The van der Waals surface area contributed by atoms with Gasteiger partial charge in [-0.05, 0) is 32.1 Å². The van der Waals surface area contributed by atoms with E-state index >= 15 is 0 Å². The highest BCUT2D eigenvalue weighted by atomic mass is 16.5. The van der Waals surface area contributed by atoms with Gasteiger partial charge in [0.1, 0.15) is 5.82 Å². The van der Waals surface area contributed by atoms with Crippen LogP contribution in [0.4, 0.5) is 5.82 Å². The first kappa shape index (κ1) is 15.2. The largest absolute Gasteiger partial charge is 0.383 e. The molecule has 0 aromatic carbocycles. The number of pyridine rings is 1. The van der Waals surface area contributed by atoms with Crippen LogP contribution in [-0.2, 0) is 11.3 Å². The van der Waals surface area contributed by atoms with Gasteiger partial charge in [0.2, 0.25) is 0 Å². The molecule has 1 aromatic rings. The van der Waals surface area contributed by atoms with Crippen molar-refractivity contribution < 1.29 is 4.74 Å².